The van der Waals surface area contributed by atoms with Gasteiger partial charge in [0.25, 0.3) is 0 Å². The molecule has 3 heteroatoms. The Balaban J connectivity index is 1.13. The third-order valence-electron chi connectivity index (χ3n) is 9.32. The fourth-order valence-corrected chi connectivity index (χ4v) is 6.71. The minimum atomic E-state index is 0.613. The second-order valence-electron chi connectivity index (χ2n) is 12.4. The number of anilines is 3. The monoisotopic (exact) mass is 640 g/mol. The third kappa shape index (κ3) is 5.61. The zero-order valence-corrected chi connectivity index (χ0v) is 27.3. The third-order valence-corrected chi connectivity index (χ3v) is 9.32. The fourth-order valence-electron chi connectivity index (χ4n) is 6.71. The number of hydrogen-bond donors (Lipinski definition) is 0. The second-order valence-corrected chi connectivity index (χ2v) is 12.4. The Hall–Kier alpha value is -6.71. The van der Waals surface area contributed by atoms with Crippen molar-refractivity contribution in [2.45, 2.75) is 0 Å². The van der Waals surface area contributed by atoms with Crippen LogP contribution in [0.5, 0.6) is 0 Å². The van der Waals surface area contributed by atoms with E-state index in [9.17, 15) is 0 Å². The number of benzene rings is 8. The van der Waals surface area contributed by atoms with E-state index in [0.717, 1.165) is 50.1 Å². The van der Waals surface area contributed by atoms with Gasteiger partial charge in [-0.05, 0) is 93.4 Å². The lowest BCUT2D eigenvalue weighted by Gasteiger charge is -2.26. The van der Waals surface area contributed by atoms with E-state index in [1.54, 1.807) is 0 Å². The molecule has 0 saturated carbocycles. The summed E-state index contributed by atoms with van der Waals surface area (Å²) < 4.78 is 6.56. The molecule has 0 aliphatic carbocycles. The summed E-state index contributed by atoms with van der Waals surface area (Å²) in [7, 11) is 0. The lowest BCUT2D eigenvalue weighted by atomic mass is 10.0. The number of oxazole rings is 1. The SMILES string of the molecule is c1ccc(-c2ccc(-c3nc4ccc5ccc(N(c6ccc(-c7ccccc7)cc6)c6ccc(-c7ccccc7)cc6)cc5c4o3)cc2)cc1. The van der Waals surface area contributed by atoms with Crippen LogP contribution in [0.1, 0.15) is 0 Å². The minimum Gasteiger partial charge on any atom is -0.435 e. The summed E-state index contributed by atoms with van der Waals surface area (Å²) in [5, 5.41) is 2.12. The molecule has 9 rings (SSSR count). The molecule has 1 heterocycles. The summed E-state index contributed by atoms with van der Waals surface area (Å²) in [4.78, 5) is 7.23. The molecule has 236 valence electrons. The maximum Gasteiger partial charge on any atom is 0.227 e. The molecule has 3 nitrogen and oxygen atoms in total. The highest BCUT2D eigenvalue weighted by Crippen LogP contribution is 2.40. The van der Waals surface area contributed by atoms with Gasteiger partial charge in [0.15, 0.2) is 5.58 Å². The normalized spacial score (nSPS) is 11.2. The Morgan fingerprint density at radius 2 is 0.760 bits per heavy atom. The maximum atomic E-state index is 6.56. The topological polar surface area (TPSA) is 29.3 Å². The lowest BCUT2D eigenvalue weighted by molar-refractivity contribution is 0.623. The zero-order chi connectivity index (χ0) is 33.3. The molecule has 0 amide bonds. The van der Waals surface area contributed by atoms with Gasteiger partial charge in [-0.3, -0.25) is 0 Å². The molecule has 0 atom stereocenters. The second kappa shape index (κ2) is 12.7. The Morgan fingerprint density at radius 1 is 0.360 bits per heavy atom. The number of hydrogen-bond acceptors (Lipinski definition) is 3. The van der Waals surface area contributed by atoms with E-state index in [0.29, 0.717) is 5.89 Å². The lowest BCUT2D eigenvalue weighted by Crippen LogP contribution is -2.09. The summed E-state index contributed by atoms with van der Waals surface area (Å²) in [6.45, 7) is 0. The van der Waals surface area contributed by atoms with Crippen molar-refractivity contribution in [3.8, 4) is 44.8 Å². The maximum absolute atomic E-state index is 6.56. The van der Waals surface area contributed by atoms with Crippen molar-refractivity contribution in [1.29, 1.82) is 0 Å². The van der Waals surface area contributed by atoms with Gasteiger partial charge in [0.1, 0.15) is 5.52 Å². The molecule has 0 fully saturated rings. The van der Waals surface area contributed by atoms with Crippen molar-refractivity contribution >= 4 is 38.9 Å². The van der Waals surface area contributed by atoms with Crippen LogP contribution in [0.25, 0.3) is 66.7 Å². The van der Waals surface area contributed by atoms with E-state index in [4.69, 9.17) is 9.40 Å². The number of fused-ring (bicyclic) bond motifs is 3. The minimum absolute atomic E-state index is 0.613. The van der Waals surface area contributed by atoms with Crippen LogP contribution in [0.3, 0.4) is 0 Å². The first-order chi connectivity index (χ1) is 24.8. The van der Waals surface area contributed by atoms with Crippen LogP contribution >= 0.6 is 0 Å². The van der Waals surface area contributed by atoms with Crippen LogP contribution in [0.4, 0.5) is 17.1 Å². The largest absolute Gasteiger partial charge is 0.435 e. The van der Waals surface area contributed by atoms with Crippen molar-refractivity contribution in [2.75, 3.05) is 4.90 Å². The number of aromatic nitrogens is 1. The molecule has 0 N–H and O–H groups in total. The molecule has 0 radical (unpaired) electrons. The molecule has 0 aliphatic heterocycles. The summed E-state index contributed by atoms with van der Waals surface area (Å²) in [6, 6.07) is 68.1. The summed E-state index contributed by atoms with van der Waals surface area (Å²) in [5.41, 5.74) is 12.8. The van der Waals surface area contributed by atoms with E-state index in [1.165, 1.54) is 27.8 Å². The zero-order valence-electron chi connectivity index (χ0n) is 27.3. The highest BCUT2D eigenvalue weighted by molar-refractivity contribution is 6.05. The van der Waals surface area contributed by atoms with Crippen molar-refractivity contribution < 1.29 is 4.42 Å². The van der Waals surface area contributed by atoms with Gasteiger partial charge in [0, 0.05) is 28.0 Å². The van der Waals surface area contributed by atoms with E-state index >= 15 is 0 Å². The predicted octanol–water partition coefficient (Wildman–Crippen LogP) is 13.1. The molecule has 1 aromatic heterocycles. The average Bonchev–Trinajstić information content (AvgIpc) is 3.65. The standard InChI is InChI=1S/C47H32N2O/c1-4-10-33(11-5-1)36-16-18-40(19-17-36)47-48-45-31-25-39-24-30-43(32-44(39)46(45)50-47)49(41-26-20-37(21-27-41)34-12-6-2-7-13-34)42-28-22-38(23-29-42)35-14-8-3-9-15-35/h1-32H. The molecule has 0 spiro atoms. The quantitative estimate of drug-likeness (QED) is 0.174. The van der Waals surface area contributed by atoms with Gasteiger partial charge in [0.2, 0.25) is 5.89 Å². The van der Waals surface area contributed by atoms with Crippen molar-refractivity contribution in [3.63, 3.8) is 0 Å². The van der Waals surface area contributed by atoms with Crippen LogP contribution in [0, 0.1) is 0 Å². The van der Waals surface area contributed by atoms with Gasteiger partial charge in [-0.1, -0.05) is 140 Å². The van der Waals surface area contributed by atoms with Gasteiger partial charge < -0.3 is 9.32 Å². The van der Waals surface area contributed by atoms with Crippen LogP contribution < -0.4 is 4.90 Å². The van der Waals surface area contributed by atoms with Crippen molar-refractivity contribution in [2.24, 2.45) is 0 Å². The summed E-state index contributed by atoms with van der Waals surface area (Å²) in [6.07, 6.45) is 0. The Morgan fingerprint density at radius 3 is 1.26 bits per heavy atom. The molecule has 50 heavy (non-hydrogen) atoms. The number of nitrogens with zero attached hydrogens (tertiary/aromatic N) is 2. The van der Waals surface area contributed by atoms with E-state index in [1.807, 2.05) is 12.1 Å². The first kappa shape index (κ1) is 29.4. The fraction of sp³-hybridized carbons (Fsp3) is 0. The molecule has 0 saturated heterocycles. The highest BCUT2D eigenvalue weighted by atomic mass is 16.3. The Bertz CT molecular complexity index is 2460. The molecular weight excluding hydrogens is 609 g/mol. The van der Waals surface area contributed by atoms with E-state index in [2.05, 4.69) is 187 Å². The van der Waals surface area contributed by atoms with Crippen LogP contribution in [-0.4, -0.2) is 4.98 Å². The van der Waals surface area contributed by atoms with Crippen molar-refractivity contribution in [1.82, 2.24) is 4.98 Å². The van der Waals surface area contributed by atoms with Crippen LogP contribution in [0.2, 0.25) is 0 Å². The molecular formula is C47H32N2O. The molecule has 8 aromatic carbocycles. The van der Waals surface area contributed by atoms with Gasteiger partial charge >= 0.3 is 0 Å². The van der Waals surface area contributed by atoms with Crippen LogP contribution in [-0.2, 0) is 0 Å². The highest BCUT2D eigenvalue weighted by Gasteiger charge is 2.17. The molecule has 0 unspecified atom stereocenters. The van der Waals surface area contributed by atoms with E-state index < -0.39 is 0 Å². The van der Waals surface area contributed by atoms with Crippen molar-refractivity contribution in [3.05, 3.63) is 194 Å². The Labute approximate surface area is 291 Å². The smallest absolute Gasteiger partial charge is 0.227 e. The van der Waals surface area contributed by atoms with Gasteiger partial charge in [0.05, 0.1) is 0 Å². The first-order valence-corrected chi connectivity index (χ1v) is 16.9. The Kier molecular flexibility index (Phi) is 7.49. The molecule has 0 bridgehead atoms. The summed E-state index contributed by atoms with van der Waals surface area (Å²) >= 11 is 0. The van der Waals surface area contributed by atoms with Crippen LogP contribution in [0.15, 0.2) is 199 Å². The number of rotatable bonds is 7. The summed E-state index contributed by atoms with van der Waals surface area (Å²) in [5.74, 6) is 0.613. The predicted molar refractivity (Wildman–Crippen MR) is 208 cm³/mol. The molecule has 9 aromatic rings. The van der Waals surface area contributed by atoms with Gasteiger partial charge in [-0.2, -0.15) is 0 Å². The molecule has 0 aliphatic rings. The van der Waals surface area contributed by atoms with Gasteiger partial charge in [-0.25, -0.2) is 4.98 Å². The average molecular weight is 641 g/mol. The van der Waals surface area contributed by atoms with E-state index in [-0.39, 0.29) is 0 Å². The first-order valence-electron chi connectivity index (χ1n) is 16.9. The van der Waals surface area contributed by atoms with Gasteiger partial charge in [-0.15, -0.1) is 0 Å².